The highest BCUT2D eigenvalue weighted by Gasteiger charge is 2.13. The maximum atomic E-state index is 12.0. The summed E-state index contributed by atoms with van der Waals surface area (Å²) in [5.74, 6) is 1.78. The van der Waals surface area contributed by atoms with Gasteiger partial charge >= 0.3 is 0 Å². The molecule has 0 spiro atoms. The molecule has 0 aliphatic heterocycles. The molecule has 1 N–H and O–H groups in total. The fourth-order valence-corrected chi connectivity index (χ4v) is 3.58. The van der Waals surface area contributed by atoms with Crippen LogP contribution in [0.5, 0.6) is 0 Å². The first-order chi connectivity index (χ1) is 13.6. The monoisotopic (exact) mass is 410 g/mol. The van der Waals surface area contributed by atoms with Gasteiger partial charge in [0, 0.05) is 40.4 Å². The van der Waals surface area contributed by atoms with E-state index in [1.54, 1.807) is 24.5 Å². The number of oxazole rings is 1. The predicted octanol–water partition coefficient (Wildman–Crippen LogP) is 4.74. The van der Waals surface area contributed by atoms with Gasteiger partial charge < -0.3 is 9.40 Å². The van der Waals surface area contributed by atoms with E-state index in [-0.39, 0.29) is 5.56 Å². The zero-order chi connectivity index (χ0) is 19.5. The van der Waals surface area contributed by atoms with Crippen molar-refractivity contribution in [3.8, 4) is 22.7 Å². The van der Waals surface area contributed by atoms with Crippen LogP contribution in [0.1, 0.15) is 11.5 Å². The van der Waals surface area contributed by atoms with Crippen LogP contribution in [-0.4, -0.2) is 19.9 Å². The van der Waals surface area contributed by atoms with Crippen molar-refractivity contribution >= 4 is 23.4 Å². The molecule has 0 fully saturated rings. The summed E-state index contributed by atoms with van der Waals surface area (Å²) in [5.41, 5.74) is 2.81. The summed E-state index contributed by atoms with van der Waals surface area (Å²) < 4.78 is 5.78. The van der Waals surface area contributed by atoms with Crippen LogP contribution in [-0.2, 0) is 5.75 Å². The van der Waals surface area contributed by atoms with Gasteiger partial charge in [0.15, 0.2) is 5.16 Å². The number of aryl methyl sites for hydroxylation is 1. The third kappa shape index (κ3) is 4.16. The maximum absolute atomic E-state index is 12.0. The number of hydrogen-bond acceptors (Lipinski definition) is 6. The summed E-state index contributed by atoms with van der Waals surface area (Å²) in [5, 5.41) is 1.17. The second kappa shape index (κ2) is 8.00. The lowest BCUT2D eigenvalue weighted by Gasteiger charge is -2.03. The van der Waals surface area contributed by atoms with Gasteiger partial charge in [0.25, 0.3) is 5.56 Å². The second-order valence-electron chi connectivity index (χ2n) is 5.99. The van der Waals surface area contributed by atoms with E-state index in [1.165, 1.54) is 17.8 Å². The minimum atomic E-state index is -0.213. The van der Waals surface area contributed by atoms with Crippen LogP contribution in [0.25, 0.3) is 22.7 Å². The molecule has 4 aromatic rings. The molecule has 0 aliphatic rings. The molecule has 3 heterocycles. The minimum absolute atomic E-state index is 0.213. The summed E-state index contributed by atoms with van der Waals surface area (Å²) in [6, 6.07) is 12.4. The molecule has 6 nitrogen and oxygen atoms in total. The molecular formula is C20H15ClN4O2S. The van der Waals surface area contributed by atoms with Crippen molar-refractivity contribution in [2.75, 3.05) is 0 Å². The first-order valence-corrected chi connectivity index (χ1v) is 9.81. The number of H-pyrrole nitrogens is 1. The smallest absolute Gasteiger partial charge is 0.252 e. The van der Waals surface area contributed by atoms with E-state index in [9.17, 15) is 4.79 Å². The number of halogens is 1. The SMILES string of the molecule is Cc1oc(-c2ccc(Cl)cc2)nc1CSc1nc(-c2cccnc2)cc(=O)[nH]1. The number of benzene rings is 1. The van der Waals surface area contributed by atoms with E-state index < -0.39 is 0 Å². The van der Waals surface area contributed by atoms with E-state index >= 15 is 0 Å². The van der Waals surface area contributed by atoms with Gasteiger partial charge in [-0.1, -0.05) is 23.4 Å². The normalized spacial score (nSPS) is 10.9. The fourth-order valence-electron chi connectivity index (χ4n) is 2.58. The zero-order valence-corrected chi connectivity index (χ0v) is 16.4. The van der Waals surface area contributed by atoms with Crippen LogP contribution in [0, 0.1) is 6.92 Å². The molecule has 28 heavy (non-hydrogen) atoms. The van der Waals surface area contributed by atoms with E-state index in [2.05, 4.69) is 19.9 Å². The number of rotatable bonds is 5. The number of hydrogen-bond donors (Lipinski definition) is 1. The Balaban J connectivity index is 1.54. The van der Waals surface area contributed by atoms with E-state index in [1.807, 2.05) is 31.2 Å². The van der Waals surface area contributed by atoms with Crippen LogP contribution in [0.3, 0.4) is 0 Å². The Bertz CT molecular complexity index is 1160. The standard InChI is InChI=1S/C20H15ClN4O2S/c1-12-17(23-19(27-12)13-4-6-15(21)7-5-13)11-28-20-24-16(9-18(26)25-20)14-3-2-8-22-10-14/h2-10H,11H2,1H3,(H,24,25,26). The average molecular weight is 411 g/mol. The molecule has 0 radical (unpaired) electrons. The van der Waals surface area contributed by atoms with Crippen LogP contribution in [0.15, 0.2) is 69.2 Å². The highest BCUT2D eigenvalue weighted by atomic mass is 35.5. The van der Waals surface area contributed by atoms with Crippen molar-refractivity contribution in [1.29, 1.82) is 0 Å². The van der Waals surface area contributed by atoms with Crippen LogP contribution in [0.2, 0.25) is 5.02 Å². The highest BCUT2D eigenvalue weighted by Crippen LogP contribution is 2.27. The Morgan fingerprint density at radius 1 is 1.14 bits per heavy atom. The molecule has 8 heteroatoms. The Morgan fingerprint density at radius 2 is 1.96 bits per heavy atom. The van der Waals surface area contributed by atoms with Crippen molar-refractivity contribution < 1.29 is 4.42 Å². The Morgan fingerprint density at radius 3 is 2.71 bits per heavy atom. The van der Waals surface area contributed by atoms with E-state index in [0.717, 1.165) is 22.6 Å². The second-order valence-corrected chi connectivity index (χ2v) is 7.40. The third-order valence-corrected chi connectivity index (χ3v) is 5.14. The summed E-state index contributed by atoms with van der Waals surface area (Å²) in [4.78, 5) is 27.9. The largest absolute Gasteiger partial charge is 0.441 e. The molecule has 0 atom stereocenters. The fraction of sp³-hybridized carbons (Fsp3) is 0.100. The predicted molar refractivity (Wildman–Crippen MR) is 109 cm³/mol. The molecule has 0 saturated heterocycles. The lowest BCUT2D eigenvalue weighted by molar-refractivity contribution is 0.540. The van der Waals surface area contributed by atoms with Crippen molar-refractivity contribution in [3.63, 3.8) is 0 Å². The zero-order valence-electron chi connectivity index (χ0n) is 14.8. The third-order valence-electron chi connectivity index (χ3n) is 4.01. The van der Waals surface area contributed by atoms with Crippen LogP contribution >= 0.6 is 23.4 Å². The molecule has 3 aromatic heterocycles. The van der Waals surface area contributed by atoms with Crippen LogP contribution < -0.4 is 5.56 Å². The molecule has 4 rings (SSSR count). The number of nitrogens with zero attached hydrogens (tertiary/aromatic N) is 3. The van der Waals surface area contributed by atoms with Gasteiger partial charge in [-0.25, -0.2) is 9.97 Å². The van der Waals surface area contributed by atoms with E-state index in [0.29, 0.717) is 27.5 Å². The Hall–Kier alpha value is -2.90. The molecule has 0 bridgehead atoms. The number of pyridine rings is 1. The van der Waals surface area contributed by atoms with Gasteiger partial charge in [-0.3, -0.25) is 9.78 Å². The van der Waals surface area contributed by atoms with E-state index in [4.69, 9.17) is 16.0 Å². The summed E-state index contributed by atoms with van der Waals surface area (Å²) >= 11 is 7.32. The summed E-state index contributed by atoms with van der Waals surface area (Å²) in [7, 11) is 0. The maximum Gasteiger partial charge on any atom is 0.252 e. The number of nitrogens with one attached hydrogen (secondary N) is 1. The van der Waals surface area contributed by atoms with Crippen molar-refractivity contribution in [2.24, 2.45) is 0 Å². The molecule has 140 valence electrons. The Kier molecular flexibility index (Phi) is 5.27. The number of aromatic nitrogens is 4. The van der Waals surface area contributed by atoms with Gasteiger partial charge in [0.2, 0.25) is 5.89 Å². The number of thioether (sulfide) groups is 1. The molecule has 0 saturated carbocycles. The molecule has 0 unspecified atom stereocenters. The first-order valence-electron chi connectivity index (χ1n) is 8.45. The molecule has 0 aliphatic carbocycles. The van der Waals surface area contributed by atoms with Crippen molar-refractivity contribution in [3.05, 3.63) is 81.7 Å². The summed E-state index contributed by atoms with van der Waals surface area (Å²) in [6.07, 6.45) is 3.36. The molecular weight excluding hydrogens is 396 g/mol. The average Bonchev–Trinajstić information content (AvgIpc) is 3.08. The van der Waals surface area contributed by atoms with Gasteiger partial charge in [0.05, 0.1) is 11.4 Å². The van der Waals surface area contributed by atoms with Gasteiger partial charge in [0.1, 0.15) is 5.76 Å². The topological polar surface area (TPSA) is 84.7 Å². The van der Waals surface area contributed by atoms with Gasteiger partial charge in [-0.15, -0.1) is 0 Å². The van der Waals surface area contributed by atoms with Gasteiger partial charge in [-0.05, 0) is 43.3 Å². The summed E-state index contributed by atoms with van der Waals surface area (Å²) in [6.45, 7) is 1.87. The minimum Gasteiger partial charge on any atom is -0.441 e. The quantitative estimate of drug-likeness (QED) is 0.378. The van der Waals surface area contributed by atoms with Crippen molar-refractivity contribution in [2.45, 2.75) is 17.8 Å². The first kappa shape index (κ1) is 18.5. The molecule has 1 aromatic carbocycles. The lowest BCUT2D eigenvalue weighted by Crippen LogP contribution is -2.08. The lowest BCUT2D eigenvalue weighted by atomic mass is 10.2. The van der Waals surface area contributed by atoms with Gasteiger partial charge in [-0.2, -0.15) is 0 Å². The Labute approximate surface area is 170 Å². The van der Waals surface area contributed by atoms with Crippen LogP contribution in [0.4, 0.5) is 0 Å². The molecule has 0 amide bonds. The highest BCUT2D eigenvalue weighted by molar-refractivity contribution is 7.98. The van der Waals surface area contributed by atoms with Crippen molar-refractivity contribution in [1.82, 2.24) is 19.9 Å². The number of aromatic amines is 1.